The maximum absolute atomic E-state index is 13.1. The van der Waals surface area contributed by atoms with Crippen molar-refractivity contribution in [3.63, 3.8) is 0 Å². The Bertz CT molecular complexity index is 6130. The lowest BCUT2D eigenvalue weighted by Crippen LogP contribution is -2.23. The second kappa shape index (κ2) is 70.5. The number of hydrogen-bond acceptors (Lipinski definition) is 25. The number of phenolic OH excluding ortho intramolecular Hbond substituents is 1. The van der Waals surface area contributed by atoms with E-state index in [1.165, 1.54) is 76.7 Å². The van der Waals surface area contributed by atoms with Crippen molar-refractivity contribution in [3.05, 3.63) is 347 Å². The largest absolute Gasteiger partial charge is 0.507 e. The summed E-state index contributed by atoms with van der Waals surface area (Å²) < 4.78 is 18.8. The standard InChI is InChI=1S/C13H13N3.C10H9Cl2N5.C9H9Br2N3.C9H8Cl2N2S.C9H8ClFN2S.C9H9ClN4O2.C9H11ClN4.C9H10ClN3O.C9H9I2N3.C9H12N4/c14-13(15)9-16-8-10-5-6-11-3-1-2-4-12(11)7-10;11-6-2-1-3-7(12)8(6)9-15-4-5-17(9)16-10(13)14;10-7-2-1-3-8(11)6(7)4-14-5-9(12)13;2*10-7-2-1-3-8(11)6(7)4-13-5-9(12)14;10-7-2-1-3-8(14(15)16)6(7)4-13-5-9(11)12;10-7-2-1-3-8(11)6(7)4-14-5-9(12)13;10-7-2-1-3-8(14)6(7)4-13-5-9(11)12;10-7-2-1-3-8(11)6(7)4-14-5-9(12)13;10-8-4-2-1-3-7(8)5-13-6-9(11)12/h1-8H,9H2,(H3,14,15);1-5H,(H4,13,14,16);1-4H,5H2,(H3,12,13);2*1-4H,5H2,(H2,12,14);1-4H,5H2,(H3,11,12);1-4H,5,11H2,(H3,12,13);1-4,14H,5H2,(H3,11,12);1-4H,5H2,(H3,12,13);1-5H,6,10H2,(H3,11,12). The Balaban J connectivity index is 0.000000417. The predicted octanol–water partition coefficient (Wildman–Crippen LogP) is 18.7. The molecule has 0 saturated carbocycles. The summed E-state index contributed by atoms with van der Waals surface area (Å²) in [5.41, 5.74) is 76.4. The molecule has 764 valence electrons. The van der Waals surface area contributed by atoms with Gasteiger partial charge in [0.2, 0.25) is 5.96 Å². The van der Waals surface area contributed by atoms with E-state index in [0.29, 0.717) is 86.1 Å². The smallest absolute Gasteiger partial charge is 0.279 e. The Morgan fingerprint density at radius 1 is 0.397 bits per heavy atom. The van der Waals surface area contributed by atoms with Gasteiger partial charge in [-0.15, -0.1) is 5.10 Å². The van der Waals surface area contributed by atoms with Crippen molar-refractivity contribution in [2.75, 3.05) is 70.4 Å². The van der Waals surface area contributed by atoms with E-state index in [1.807, 2.05) is 72.8 Å². The number of aliphatic imine (C=N–C) groups is 9. The fraction of sp³-hybridized carbons (Fsp3) is 0.0947. The third kappa shape index (κ3) is 52.0. The molecular weight excluding hydrogens is 2430 g/mol. The molecule has 0 aliphatic carbocycles. The minimum Gasteiger partial charge on any atom is -0.507 e. The molecule has 12 rings (SSSR count). The molecule has 0 amide bonds. The molecule has 11 aromatic carbocycles. The SMILES string of the molecule is N=C(N)CN=Cc1c(Br)cccc1Br.N=C(N)CN=Cc1c(Cl)cccc1[N+](=O)[O-].N=C(N)CN=Cc1c(I)cccc1I.N=C(N)CN=Cc1c(N)cccc1Cl.N=C(N)CN=Cc1c(O)cccc1Cl.N=C(N)CN=Cc1ccc2ccccc2c1.N=C(N)CN=Cc1ccccc1N.NC(=S)CN=Cc1c(Cl)cccc1Cl.NC(=S)CN=Cc1c(F)cccc1Cl.NC(N)=Nn1ccnc1-c1c(Cl)cccc1Cl. The maximum Gasteiger partial charge on any atom is 0.279 e. The molecule has 51 heteroatoms. The number of benzene rings is 11. The van der Waals surface area contributed by atoms with Gasteiger partial charge in [0, 0.05) is 135 Å². The Morgan fingerprint density at radius 2 is 0.747 bits per heavy atom. The summed E-state index contributed by atoms with van der Waals surface area (Å²) in [5, 5.41) is 78.9. The number of nitrogens with zero attached hydrogens (tertiary/aromatic N) is 13. The highest BCUT2D eigenvalue weighted by atomic mass is 127. The maximum atomic E-state index is 13.1. The molecule has 0 aliphatic rings. The van der Waals surface area contributed by atoms with Crippen LogP contribution < -0.4 is 74.5 Å². The number of rotatable bonds is 30. The molecule has 0 aliphatic heterocycles. The number of aromatic nitrogens is 2. The minimum atomic E-state index is -0.541. The number of nitro benzene ring substituents is 1. The number of aromatic hydroxyl groups is 1. The van der Waals surface area contributed by atoms with Gasteiger partial charge >= 0.3 is 0 Å². The van der Waals surface area contributed by atoms with Crippen LogP contribution >= 0.6 is 194 Å². The first kappa shape index (κ1) is 127. The van der Waals surface area contributed by atoms with Crippen molar-refractivity contribution in [1.29, 1.82) is 37.9 Å². The van der Waals surface area contributed by atoms with E-state index in [0.717, 1.165) is 38.3 Å². The molecule has 1 heterocycles. The van der Waals surface area contributed by atoms with E-state index >= 15 is 0 Å². The Labute approximate surface area is 935 Å². The van der Waals surface area contributed by atoms with Crippen molar-refractivity contribution in [1.82, 2.24) is 9.66 Å². The van der Waals surface area contributed by atoms with Crippen molar-refractivity contribution < 1.29 is 14.4 Å². The number of halogens is 13. The van der Waals surface area contributed by atoms with Gasteiger partial charge in [-0.1, -0.05) is 252 Å². The summed E-state index contributed by atoms with van der Waals surface area (Å²) in [6.07, 6.45) is 17.1. The summed E-state index contributed by atoms with van der Waals surface area (Å²) in [4.78, 5) is 50.4. The summed E-state index contributed by atoms with van der Waals surface area (Å²) in [7, 11) is 0. The number of anilines is 2. The van der Waals surface area contributed by atoms with Crippen LogP contribution in [-0.2, 0) is 0 Å². The van der Waals surface area contributed by atoms with Gasteiger partial charge in [-0.3, -0.25) is 92.9 Å². The van der Waals surface area contributed by atoms with Crippen LogP contribution in [0.25, 0.3) is 22.2 Å². The number of nitrogen functional groups attached to an aromatic ring is 2. The number of para-hydroxylation sites is 1. The number of hydrogen-bond donors (Lipinski definition) is 21. The molecule has 0 bridgehead atoms. The zero-order valence-electron chi connectivity index (χ0n) is 76.7. The van der Waals surface area contributed by atoms with Crippen LogP contribution in [-0.4, -0.2) is 191 Å². The van der Waals surface area contributed by atoms with E-state index < -0.39 is 10.7 Å². The molecule has 0 spiro atoms. The molecule has 12 aromatic rings. The number of nitrogens with one attached hydrogen (secondary N) is 7. The monoisotopic (exact) mass is 2520 g/mol. The lowest BCUT2D eigenvalue weighted by molar-refractivity contribution is -0.385. The van der Waals surface area contributed by atoms with Gasteiger partial charge in [-0.2, -0.15) is 0 Å². The topological polar surface area (TPSA) is 710 Å². The zero-order valence-corrected chi connectivity index (χ0v) is 91.9. The van der Waals surface area contributed by atoms with Crippen LogP contribution in [0.2, 0.25) is 40.2 Å². The molecular formula is C95H98Br2Cl8FI2N33O3S2. The summed E-state index contributed by atoms with van der Waals surface area (Å²) in [6.45, 7) is 1.71. The number of nitro groups is 1. The molecule has 0 fully saturated rings. The number of guanidine groups is 1. The first-order valence-electron chi connectivity index (χ1n) is 41.2. The minimum absolute atomic E-state index is 0.00637. The zero-order chi connectivity index (χ0) is 109. The van der Waals surface area contributed by atoms with Crippen molar-refractivity contribution >= 4 is 335 Å². The van der Waals surface area contributed by atoms with Crippen LogP contribution in [0.1, 0.15) is 50.1 Å². The van der Waals surface area contributed by atoms with Gasteiger partial charge < -0.3 is 79.6 Å². The van der Waals surface area contributed by atoms with Gasteiger partial charge in [0.15, 0.2) is 5.82 Å². The number of imidazole rings is 1. The fourth-order valence-electron chi connectivity index (χ4n) is 10.1. The van der Waals surface area contributed by atoms with Crippen molar-refractivity contribution in [2.45, 2.75) is 0 Å². The highest BCUT2D eigenvalue weighted by Gasteiger charge is 2.17. The highest BCUT2D eigenvalue weighted by molar-refractivity contribution is 14.1. The quantitative estimate of drug-likeness (QED) is 0.00378. The number of nitrogens with two attached hydrogens (primary N) is 13. The lowest BCUT2D eigenvalue weighted by Gasteiger charge is -2.06. The van der Waals surface area contributed by atoms with E-state index in [4.69, 9.17) is 205 Å². The first-order valence-corrected chi connectivity index (χ1v) is 48.8. The summed E-state index contributed by atoms with van der Waals surface area (Å²) >= 11 is 67.9. The molecule has 34 N–H and O–H groups in total. The molecule has 0 unspecified atom stereocenters. The molecule has 0 atom stereocenters. The number of amidine groups is 7. The molecule has 1 aromatic heterocycles. The van der Waals surface area contributed by atoms with E-state index in [1.54, 1.807) is 122 Å². The summed E-state index contributed by atoms with van der Waals surface area (Å²) in [5.74, 6) is 0.176. The number of fused-ring (bicyclic) bond motifs is 1. The van der Waals surface area contributed by atoms with Crippen LogP contribution in [0.4, 0.5) is 21.5 Å². The van der Waals surface area contributed by atoms with Crippen LogP contribution in [0.3, 0.4) is 0 Å². The van der Waals surface area contributed by atoms with Gasteiger partial charge in [0.25, 0.3) is 5.69 Å². The van der Waals surface area contributed by atoms with E-state index in [2.05, 4.69) is 181 Å². The number of thiocarbonyl (C=S) groups is 2. The third-order valence-electron chi connectivity index (χ3n) is 16.5. The third-order valence-corrected chi connectivity index (χ3v) is 22.6. The van der Waals surface area contributed by atoms with Crippen LogP contribution in [0.5, 0.6) is 5.75 Å². The van der Waals surface area contributed by atoms with Gasteiger partial charge in [0.1, 0.15) is 52.4 Å². The second-order valence-corrected chi connectivity index (χ2v) is 36.5. The van der Waals surface area contributed by atoms with Gasteiger partial charge in [0.05, 0.1) is 131 Å². The molecule has 0 radical (unpaired) electrons. The van der Waals surface area contributed by atoms with Crippen LogP contribution in [0.15, 0.2) is 284 Å². The molecule has 36 nitrogen and oxygen atoms in total. The average Bonchev–Trinajstić information content (AvgIpc) is 1.64. The van der Waals surface area contributed by atoms with Crippen molar-refractivity contribution in [2.24, 2.45) is 113 Å². The Kier molecular flexibility index (Phi) is 61.2. The highest BCUT2D eigenvalue weighted by Crippen LogP contribution is 2.34. The summed E-state index contributed by atoms with van der Waals surface area (Å²) in [6, 6.07) is 62.8. The Morgan fingerprint density at radius 3 is 1.21 bits per heavy atom. The van der Waals surface area contributed by atoms with Crippen molar-refractivity contribution in [3.8, 4) is 17.1 Å². The van der Waals surface area contributed by atoms with Gasteiger partial charge in [-0.25, -0.2) is 14.1 Å². The molecule has 146 heavy (non-hydrogen) atoms. The second-order valence-electron chi connectivity index (χ2n) is 28.2. The van der Waals surface area contributed by atoms with Crippen LogP contribution in [0, 0.1) is 60.9 Å². The van der Waals surface area contributed by atoms with Gasteiger partial charge in [-0.05, 0) is 165 Å². The first-order chi connectivity index (χ1) is 69.2. The lowest BCUT2D eigenvalue weighted by atomic mass is 10.1. The van der Waals surface area contributed by atoms with E-state index in [-0.39, 0.29) is 132 Å². The normalized spacial score (nSPS) is 10.6. The predicted molar refractivity (Wildman–Crippen MR) is 641 cm³/mol. The Hall–Kier alpha value is -13.3. The number of phenols is 1. The molecule has 0 saturated heterocycles. The average molecular weight is 2530 g/mol. The fourth-order valence-corrected chi connectivity index (χ4v) is 15.2. The van der Waals surface area contributed by atoms with E-state index in [9.17, 15) is 19.6 Å².